The van der Waals surface area contributed by atoms with Gasteiger partial charge in [0.2, 0.25) is 0 Å². The van der Waals surface area contributed by atoms with E-state index in [0.717, 1.165) is 16.9 Å². The summed E-state index contributed by atoms with van der Waals surface area (Å²) in [6.45, 7) is -0.165. The SMILES string of the molecule is O=C(NCc1cccnc1)C(=O)NC[C@@H](c1ccco1)S(=O)(=O)c1cccs1. The number of furan rings is 1. The van der Waals surface area contributed by atoms with Crippen LogP contribution in [-0.4, -0.2) is 31.8 Å². The maximum atomic E-state index is 12.9. The number of carbonyl (C=O) groups is 2. The van der Waals surface area contributed by atoms with Gasteiger partial charge in [-0.1, -0.05) is 12.1 Å². The highest BCUT2D eigenvalue weighted by atomic mass is 32.2. The first-order chi connectivity index (χ1) is 13.5. The van der Waals surface area contributed by atoms with Gasteiger partial charge in [0.1, 0.15) is 15.2 Å². The molecule has 1 atom stereocenters. The van der Waals surface area contributed by atoms with E-state index in [0.29, 0.717) is 0 Å². The van der Waals surface area contributed by atoms with E-state index in [1.807, 2.05) is 0 Å². The van der Waals surface area contributed by atoms with Gasteiger partial charge in [-0.25, -0.2) is 8.42 Å². The Morgan fingerprint density at radius 3 is 2.57 bits per heavy atom. The lowest BCUT2D eigenvalue weighted by Crippen LogP contribution is -2.42. The molecule has 3 aromatic rings. The van der Waals surface area contributed by atoms with Gasteiger partial charge >= 0.3 is 11.8 Å². The van der Waals surface area contributed by atoms with Crippen molar-refractivity contribution in [2.75, 3.05) is 6.54 Å². The Kier molecular flexibility index (Phi) is 6.22. The van der Waals surface area contributed by atoms with Crippen LogP contribution in [0.2, 0.25) is 0 Å². The van der Waals surface area contributed by atoms with E-state index in [1.165, 1.54) is 18.4 Å². The molecule has 2 amide bonds. The number of carbonyl (C=O) groups excluding carboxylic acids is 2. The van der Waals surface area contributed by atoms with E-state index in [-0.39, 0.29) is 23.1 Å². The molecule has 2 N–H and O–H groups in total. The van der Waals surface area contributed by atoms with Gasteiger partial charge in [-0.05, 0) is 35.2 Å². The summed E-state index contributed by atoms with van der Waals surface area (Å²) in [5, 5.41) is 5.34. The predicted octanol–water partition coefficient (Wildman–Crippen LogP) is 1.68. The molecule has 146 valence electrons. The number of aromatic nitrogens is 1. The first-order valence-corrected chi connectivity index (χ1v) is 10.7. The van der Waals surface area contributed by atoms with Crippen LogP contribution in [0.15, 0.2) is 69.1 Å². The lowest BCUT2D eigenvalue weighted by atomic mass is 10.3. The standard InChI is InChI=1S/C18H17N3O5S2/c22-17(20-11-13-4-1-7-19-10-13)18(23)21-12-15(14-5-2-8-26-14)28(24,25)16-6-3-9-27-16/h1-10,15H,11-12H2,(H,20,22)(H,21,23)/t15-/m0/s1. The van der Waals surface area contributed by atoms with Crippen LogP contribution >= 0.6 is 11.3 Å². The second-order valence-corrected chi connectivity index (χ2v) is 9.04. The average molecular weight is 419 g/mol. The molecule has 8 nitrogen and oxygen atoms in total. The maximum Gasteiger partial charge on any atom is 0.309 e. The number of rotatable bonds is 7. The summed E-state index contributed by atoms with van der Waals surface area (Å²) in [5.74, 6) is -1.61. The fourth-order valence-corrected chi connectivity index (χ4v) is 5.23. The molecule has 0 spiro atoms. The number of pyridine rings is 1. The Labute approximate surface area is 165 Å². The van der Waals surface area contributed by atoms with Crippen LogP contribution in [0.5, 0.6) is 0 Å². The van der Waals surface area contributed by atoms with Crippen molar-refractivity contribution in [2.45, 2.75) is 16.0 Å². The van der Waals surface area contributed by atoms with Crippen molar-refractivity contribution in [2.24, 2.45) is 0 Å². The molecule has 0 bridgehead atoms. The Hall–Kier alpha value is -2.98. The van der Waals surface area contributed by atoms with Crippen molar-refractivity contribution in [3.63, 3.8) is 0 Å². The van der Waals surface area contributed by atoms with E-state index < -0.39 is 26.9 Å². The van der Waals surface area contributed by atoms with Crippen molar-refractivity contribution < 1.29 is 22.4 Å². The lowest BCUT2D eigenvalue weighted by molar-refractivity contribution is -0.139. The van der Waals surface area contributed by atoms with Crippen LogP contribution in [0.25, 0.3) is 0 Å². The van der Waals surface area contributed by atoms with Gasteiger partial charge in [0, 0.05) is 25.5 Å². The summed E-state index contributed by atoms with van der Waals surface area (Å²) < 4.78 is 31.2. The number of thiophene rings is 1. The summed E-state index contributed by atoms with van der Waals surface area (Å²) in [6.07, 6.45) is 4.52. The fraction of sp³-hybridized carbons (Fsp3) is 0.167. The quantitative estimate of drug-likeness (QED) is 0.563. The molecule has 0 fully saturated rings. The van der Waals surface area contributed by atoms with Crippen LogP contribution in [0.1, 0.15) is 16.6 Å². The molecule has 10 heteroatoms. The summed E-state index contributed by atoms with van der Waals surface area (Å²) in [7, 11) is -3.79. The van der Waals surface area contributed by atoms with Gasteiger partial charge in [-0.3, -0.25) is 14.6 Å². The molecule has 0 aromatic carbocycles. The van der Waals surface area contributed by atoms with E-state index >= 15 is 0 Å². The third-order valence-electron chi connectivity index (χ3n) is 3.84. The largest absolute Gasteiger partial charge is 0.468 e. The second-order valence-electron chi connectivity index (χ2n) is 5.74. The summed E-state index contributed by atoms with van der Waals surface area (Å²) >= 11 is 1.07. The first-order valence-electron chi connectivity index (χ1n) is 8.24. The van der Waals surface area contributed by atoms with Crippen molar-refractivity contribution in [3.05, 3.63) is 71.8 Å². The smallest absolute Gasteiger partial charge is 0.309 e. The second kappa shape index (κ2) is 8.81. The van der Waals surface area contributed by atoms with Gasteiger partial charge in [-0.15, -0.1) is 11.3 Å². The Morgan fingerprint density at radius 2 is 1.93 bits per heavy atom. The van der Waals surface area contributed by atoms with Crippen LogP contribution in [0, 0.1) is 0 Å². The van der Waals surface area contributed by atoms with E-state index in [9.17, 15) is 18.0 Å². The number of hydrogen-bond acceptors (Lipinski definition) is 7. The molecule has 0 aliphatic rings. The molecular weight excluding hydrogens is 402 g/mol. The Balaban J connectivity index is 1.65. The highest BCUT2D eigenvalue weighted by molar-refractivity contribution is 7.93. The molecule has 0 unspecified atom stereocenters. The monoisotopic (exact) mass is 419 g/mol. The summed E-state index contributed by atoms with van der Waals surface area (Å²) in [5.41, 5.74) is 0.734. The first kappa shape index (κ1) is 19.8. The van der Waals surface area contributed by atoms with Gasteiger partial charge in [0.15, 0.2) is 9.84 Å². The van der Waals surface area contributed by atoms with E-state index in [1.54, 1.807) is 42.0 Å². The van der Waals surface area contributed by atoms with Gasteiger partial charge in [0.25, 0.3) is 0 Å². The molecule has 3 heterocycles. The number of nitrogens with zero attached hydrogens (tertiary/aromatic N) is 1. The van der Waals surface area contributed by atoms with Crippen molar-refractivity contribution >= 4 is 33.0 Å². The summed E-state index contributed by atoms with van der Waals surface area (Å²) in [6, 6.07) is 9.66. The lowest BCUT2D eigenvalue weighted by Gasteiger charge is -2.15. The number of sulfone groups is 1. The highest BCUT2D eigenvalue weighted by Crippen LogP contribution is 2.31. The van der Waals surface area contributed by atoms with Crippen LogP contribution < -0.4 is 10.6 Å². The number of hydrogen-bond donors (Lipinski definition) is 2. The minimum atomic E-state index is -3.79. The minimum Gasteiger partial charge on any atom is -0.468 e. The van der Waals surface area contributed by atoms with Gasteiger partial charge < -0.3 is 15.1 Å². The number of nitrogens with one attached hydrogen (secondary N) is 2. The highest BCUT2D eigenvalue weighted by Gasteiger charge is 2.33. The van der Waals surface area contributed by atoms with Crippen LogP contribution in [0.3, 0.4) is 0 Å². The normalized spacial score (nSPS) is 12.3. The molecule has 0 radical (unpaired) electrons. The molecule has 3 rings (SSSR count). The Morgan fingerprint density at radius 1 is 1.11 bits per heavy atom. The third kappa shape index (κ3) is 4.65. The zero-order chi connectivity index (χ0) is 20.0. The van der Waals surface area contributed by atoms with Gasteiger partial charge in [0.05, 0.1) is 6.26 Å². The molecule has 0 saturated carbocycles. The topological polar surface area (TPSA) is 118 Å². The maximum absolute atomic E-state index is 12.9. The van der Waals surface area contributed by atoms with E-state index in [2.05, 4.69) is 15.6 Å². The zero-order valence-electron chi connectivity index (χ0n) is 14.6. The molecule has 28 heavy (non-hydrogen) atoms. The van der Waals surface area contributed by atoms with Gasteiger partial charge in [-0.2, -0.15) is 0 Å². The fourth-order valence-electron chi connectivity index (χ4n) is 2.43. The predicted molar refractivity (Wildman–Crippen MR) is 102 cm³/mol. The van der Waals surface area contributed by atoms with Crippen molar-refractivity contribution in [1.82, 2.24) is 15.6 Å². The minimum absolute atomic E-state index is 0.134. The molecule has 0 aliphatic carbocycles. The molecule has 0 aliphatic heterocycles. The Bertz CT molecular complexity index is 1020. The van der Waals surface area contributed by atoms with Crippen LogP contribution in [-0.2, 0) is 26.0 Å². The summed E-state index contributed by atoms with van der Waals surface area (Å²) in [4.78, 5) is 28.0. The molecule has 3 aromatic heterocycles. The third-order valence-corrected chi connectivity index (χ3v) is 7.33. The average Bonchev–Trinajstić information content (AvgIpc) is 3.41. The van der Waals surface area contributed by atoms with Crippen molar-refractivity contribution in [3.8, 4) is 0 Å². The van der Waals surface area contributed by atoms with Crippen molar-refractivity contribution in [1.29, 1.82) is 0 Å². The molecular formula is C18H17N3O5S2. The van der Waals surface area contributed by atoms with E-state index in [4.69, 9.17) is 4.42 Å². The molecule has 0 saturated heterocycles. The zero-order valence-corrected chi connectivity index (χ0v) is 16.2. The number of amides is 2. The van der Waals surface area contributed by atoms with Crippen LogP contribution in [0.4, 0.5) is 0 Å².